The third-order valence-electron chi connectivity index (χ3n) is 9.42. The van der Waals surface area contributed by atoms with Crippen LogP contribution < -0.4 is 15.5 Å². The summed E-state index contributed by atoms with van der Waals surface area (Å²) < 4.78 is 0. The standard InChI is InChI=1S/C41H44ClN3O5/c1-27(46)44-31-16-12-28(13-17-31)26-41(4,39-32-10-6-5-9-29(32)14-19-34(39)43-23-20-37(47)48)22-8-7-11-36-40(2,3)33-18-15-30(42)25-35(33)45(36)24-21-38(49)50/h5-19,25,43H,20-24,26H2,1-4H3,(H,44,46)(H,47,48)(H,49,50)/b8-7+,36-11+. The van der Waals surface area contributed by atoms with Gasteiger partial charge in [0.1, 0.15) is 0 Å². The van der Waals surface area contributed by atoms with E-state index in [-0.39, 0.29) is 30.7 Å². The first kappa shape index (κ1) is 36.2. The molecule has 260 valence electrons. The van der Waals surface area contributed by atoms with Crippen LogP contribution >= 0.6 is 11.6 Å². The molecule has 0 aliphatic carbocycles. The van der Waals surface area contributed by atoms with Gasteiger partial charge < -0.3 is 25.7 Å². The van der Waals surface area contributed by atoms with Crippen LogP contribution in [0.4, 0.5) is 17.1 Å². The van der Waals surface area contributed by atoms with E-state index >= 15 is 0 Å². The minimum absolute atomic E-state index is 0.0111. The molecule has 50 heavy (non-hydrogen) atoms. The Morgan fingerprint density at radius 2 is 1.66 bits per heavy atom. The second-order valence-corrected chi connectivity index (χ2v) is 14.1. The third-order valence-corrected chi connectivity index (χ3v) is 9.65. The molecule has 1 heterocycles. The zero-order valence-electron chi connectivity index (χ0n) is 28.9. The summed E-state index contributed by atoms with van der Waals surface area (Å²) in [6, 6.07) is 26.0. The SMILES string of the molecule is CC(=O)Nc1ccc(CC(C)(C/C=C/C=C2/N(CCC(=O)O)c3cc(Cl)ccc3C2(C)C)c2c(NCCC(=O)O)ccc3ccccc23)cc1. The van der Waals surface area contributed by atoms with Crippen molar-refractivity contribution >= 4 is 57.3 Å². The molecule has 0 saturated carbocycles. The summed E-state index contributed by atoms with van der Waals surface area (Å²) in [5.74, 6) is -1.86. The van der Waals surface area contributed by atoms with Gasteiger partial charge in [-0.2, -0.15) is 0 Å². The van der Waals surface area contributed by atoms with E-state index in [1.165, 1.54) is 6.92 Å². The van der Waals surface area contributed by atoms with Crippen LogP contribution in [0.3, 0.4) is 0 Å². The van der Waals surface area contributed by atoms with Crippen LogP contribution in [0.15, 0.2) is 103 Å². The van der Waals surface area contributed by atoms with Crippen molar-refractivity contribution in [1.29, 1.82) is 0 Å². The molecule has 0 spiro atoms. The van der Waals surface area contributed by atoms with E-state index in [9.17, 15) is 24.6 Å². The highest BCUT2D eigenvalue weighted by Gasteiger charge is 2.40. The molecule has 1 aliphatic heterocycles. The summed E-state index contributed by atoms with van der Waals surface area (Å²) >= 11 is 6.40. The molecule has 4 aromatic rings. The monoisotopic (exact) mass is 693 g/mol. The number of anilines is 3. The van der Waals surface area contributed by atoms with Crippen LogP contribution in [0, 0.1) is 0 Å². The van der Waals surface area contributed by atoms with Crippen LogP contribution in [-0.4, -0.2) is 41.1 Å². The highest BCUT2D eigenvalue weighted by Crippen LogP contribution is 2.49. The molecule has 1 amide bonds. The minimum atomic E-state index is -0.866. The fourth-order valence-corrected chi connectivity index (χ4v) is 7.26. The van der Waals surface area contributed by atoms with Gasteiger partial charge in [0.15, 0.2) is 0 Å². The highest BCUT2D eigenvalue weighted by atomic mass is 35.5. The number of allylic oxidation sites excluding steroid dienone is 4. The lowest BCUT2D eigenvalue weighted by Gasteiger charge is -2.33. The number of aliphatic carboxylic acids is 2. The number of nitrogens with zero attached hydrogens (tertiary/aromatic N) is 1. The maximum atomic E-state index is 11.6. The van der Waals surface area contributed by atoms with Gasteiger partial charge in [0.05, 0.1) is 12.8 Å². The van der Waals surface area contributed by atoms with Gasteiger partial charge in [0, 0.05) is 58.6 Å². The van der Waals surface area contributed by atoms with E-state index in [0.717, 1.165) is 50.2 Å². The molecule has 0 aromatic heterocycles. The number of nitrogens with one attached hydrogen (secondary N) is 2. The maximum Gasteiger partial charge on any atom is 0.305 e. The summed E-state index contributed by atoms with van der Waals surface area (Å²) in [4.78, 5) is 36.7. The van der Waals surface area contributed by atoms with Gasteiger partial charge in [0.2, 0.25) is 5.91 Å². The van der Waals surface area contributed by atoms with Gasteiger partial charge in [-0.25, -0.2) is 0 Å². The lowest BCUT2D eigenvalue weighted by atomic mass is 9.72. The Balaban J connectivity index is 1.56. The van der Waals surface area contributed by atoms with Crippen LogP contribution in [-0.2, 0) is 31.6 Å². The molecule has 9 heteroatoms. The molecular formula is C41H44ClN3O5. The van der Waals surface area contributed by atoms with E-state index in [0.29, 0.717) is 24.4 Å². The number of carbonyl (C=O) groups excluding carboxylic acids is 1. The molecule has 4 aromatic carbocycles. The Hall–Kier alpha value is -5.08. The van der Waals surface area contributed by atoms with Gasteiger partial charge in [-0.1, -0.05) is 93.1 Å². The summed E-state index contributed by atoms with van der Waals surface area (Å²) in [7, 11) is 0. The van der Waals surface area contributed by atoms with Crippen molar-refractivity contribution < 1.29 is 24.6 Å². The van der Waals surface area contributed by atoms with Crippen molar-refractivity contribution in [3.8, 4) is 0 Å². The third kappa shape index (κ3) is 8.20. The molecule has 0 radical (unpaired) electrons. The number of carboxylic acid groups (broad SMARTS) is 2. The van der Waals surface area contributed by atoms with E-state index < -0.39 is 17.4 Å². The molecule has 0 fully saturated rings. The molecule has 4 N–H and O–H groups in total. The first-order valence-corrected chi connectivity index (χ1v) is 17.2. The smallest absolute Gasteiger partial charge is 0.305 e. The summed E-state index contributed by atoms with van der Waals surface area (Å²) in [6.45, 7) is 8.60. The Morgan fingerprint density at radius 3 is 2.36 bits per heavy atom. The molecule has 0 saturated heterocycles. The van der Waals surface area contributed by atoms with Crippen molar-refractivity contribution in [2.24, 2.45) is 0 Å². The van der Waals surface area contributed by atoms with Gasteiger partial charge in [-0.05, 0) is 76.7 Å². The topological polar surface area (TPSA) is 119 Å². The molecule has 0 bridgehead atoms. The van der Waals surface area contributed by atoms with Gasteiger partial charge in [-0.15, -0.1) is 0 Å². The first-order chi connectivity index (χ1) is 23.8. The Bertz CT molecular complexity index is 1970. The van der Waals surface area contributed by atoms with Gasteiger partial charge >= 0.3 is 11.9 Å². The average Bonchev–Trinajstić information content (AvgIpc) is 3.26. The predicted octanol–water partition coefficient (Wildman–Crippen LogP) is 8.94. The molecule has 1 aliphatic rings. The minimum Gasteiger partial charge on any atom is -0.481 e. The number of carboxylic acids is 2. The molecule has 1 atom stereocenters. The first-order valence-electron chi connectivity index (χ1n) is 16.8. The lowest BCUT2D eigenvalue weighted by molar-refractivity contribution is -0.137. The van der Waals surface area contributed by atoms with E-state index in [2.05, 4.69) is 72.7 Å². The second kappa shape index (κ2) is 15.2. The van der Waals surface area contributed by atoms with E-state index in [1.54, 1.807) is 0 Å². The Kier molecular flexibility index (Phi) is 11.0. The average molecular weight is 694 g/mol. The van der Waals surface area contributed by atoms with Crippen LogP contribution in [0.1, 0.15) is 63.6 Å². The molecular weight excluding hydrogens is 650 g/mol. The highest BCUT2D eigenvalue weighted by molar-refractivity contribution is 6.31. The van der Waals surface area contributed by atoms with Crippen molar-refractivity contribution in [2.45, 2.75) is 64.2 Å². The van der Waals surface area contributed by atoms with Crippen molar-refractivity contribution in [1.82, 2.24) is 0 Å². The molecule has 5 rings (SSSR count). The summed E-state index contributed by atoms with van der Waals surface area (Å²) in [6.07, 6.45) is 7.56. The van der Waals surface area contributed by atoms with Crippen molar-refractivity contribution in [3.63, 3.8) is 0 Å². The van der Waals surface area contributed by atoms with Gasteiger partial charge in [-0.3, -0.25) is 14.4 Å². The predicted molar refractivity (Wildman–Crippen MR) is 202 cm³/mol. The Labute approximate surface area is 298 Å². The normalized spacial score (nSPS) is 15.6. The van der Waals surface area contributed by atoms with Gasteiger partial charge in [0.25, 0.3) is 0 Å². The number of carbonyl (C=O) groups is 3. The maximum absolute atomic E-state index is 11.6. The fourth-order valence-electron chi connectivity index (χ4n) is 7.09. The zero-order valence-corrected chi connectivity index (χ0v) is 29.7. The quantitative estimate of drug-likeness (QED) is 0.104. The van der Waals surface area contributed by atoms with E-state index in [1.807, 2.05) is 60.7 Å². The van der Waals surface area contributed by atoms with Crippen LogP contribution in [0.2, 0.25) is 5.02 Å². The Morgan fingerprint density at radius 1 is 0.940 bits per heavy atom. The molecule has 1 unspecified atom stereocenters. The number of hydrogen-bond acceptors (Lipinski definition) is 5. The summed E-state index contributed by atoms with van der Waals surface area (Å²) in [5.41, 5.74) is 5.96. The fraction of sp³-hybridized carbons (Fsp3) is 0.293. The number of benzene rings is 4. The summed E-state index contributed by atoms with van der Waals surface area (Å²) in [5, 5.41) is 27.9. The number of halogens is 1. The van der Waals surface area contributed by atoms with Crippen molar-refractivity contribution in [3.05, 3.63) is 125 Å². The number of rotatable bonds is 14. The number of hydrogen-bond donors (Lipinski definition) is 4. The van der Waals surface area contributed by atoms with Crippen LogP contribution in [0.25, 0.3) is 10.8 Å². The number of fused-ring (bicyclic) bond motifs is 2. The second-order valence-electron chi connectivity index (χ2n) is 13.7. The van der Waals surface area contributed by atoms with Crippen LogP contribution in [0.5, 0.6) is 0 Å². The molecule has 8 nitrogen and oxygen atoms in total. The lowest BCUT2D eigenvalue weighted by Crippen LogP contribution is -2.28. The van der Waals surface area contributed by atoms with E-state index in [4.69, 9.17) is 11.6 Å². The zero-order chi connectivity index (χ0) is 36.1. The van der Waals surface area contributed by atoms with Crippen molar-refractivity contribution in [2.75, 3.05) is 28.6 Å². The largest absolute Gasteiger partial charge is 0.481 e. The number of amides is 1.